The molecule has 2 aromatic heterocycles. The number of piperidine rings is 1. The maximum Gasteiger partial charge on any atom is 0.471 e. The monoisotopic (exact) mass is 477 g/mol. The second kappa shape index (κ2) is 8.33. The van der Waals surface area contributed by atoms with Gasteiger partial charge in [0.1, 0.15) is 0 Å². The van der Waals surface area contributed by atoms with Gasteiger partial charge >= 0.3 is 12.1 Å². The van der Waals surface area contributed by atoms with Gasteiger partial charge in [-0.15, -0.1) is 5.10 Å². The highest BCUT2D eigenvalue weighted by molar-refractivity contribution is 6.30. The zero-order valence-electron chi connectivity index (χ0n) is 17.3. The molecule has 0 saturated carbocycles. The highest BCUT2D eigenvalue weighted by atomic mass is 35.5. The number of halogens is 4. The van der Waals surface area contributed by atoms with Gasteiger partial charge in [0.15, 0.2) is 11.6 Å². The lowest BCUT2D eigenvalue weighted by Crippen LogP contribution is -2.39. The first-order valence-electron chi connectivity index (χ1n) is 10.5. The van der Waals surface area contributed by atoms with E-state index < -0.39 is 12.1 Å². The van der Waals surface area contributed by atoms with Crippen molar-refractivity contribution in [3.05, 3.63) is 58.6 Å². The predicted octanol–water partition coefficient (Wildman–Crippen LogP) is 4.57. The Bertz CT molecular complexity index is 1180. The van der Waals surface area contributed by atoms with Gasteiger partial charge < -0.3 is 14.3 Å². The Morgan fingerprint density at radius 2 is 1.94 bits per heavy atom. The molecule has 0 bridgehead atoms. The van der Waals surface area contributed by atoms with Gasteiger partial charge in [-0.25, -0.2) is 0 Å². The predicted molar refractivity (Wildman–Crippen MR) is 113 cm³/mol. The van der Waals surface area contributed by atoms with Gasteiger partial charge in [0, 0.05) is 36.8 Å². The van der Waals surface area contributed by atoms with Gasteiger partial charge in [-0.2, -0.15) is 18.3 Å². The van der Waals surface area contributed by atoms with Gasteiger partial charge in [-0.3, -0.25) is 4.79 Å². The number of aromatic nitrogens is 3. The van der Waals surface area contributed by atoms with Crippen molar-refractivity contribution in [1.29, 1.82) is 0 Å². The molecule has 4 heterocycles. The van der Waals surface area contributed by atoms with Crippen LogP contribution in [0, 0.1) is 0 Å². The van der Waals surface area contributed by atoms with Crippen LogP contribution in [-0.4, -0.2) is 45.4 Å². The fourth-order valence-electron chi connectivity index (χ4n) is 4.55. The number of carbonyl (C=O) groups is 1. The van der Waals surface area contributed by atoms with Gasteiger partial charge in [-0.1, -0.05) is 22.8 Å². The summed E-state index contributed by atoms with van der Waals surface area (Å²) in [5.41, 5.74) is 2.59. The second-order valence-corrected chi connectivity index (χ2v) is 8.61. The molecule has 11 heteroatoms. The molecule has 5 rings (SSSR count). The molecule has 0 aliphatic carbocycles. The van der Waals surface area contributed by atoms with Gasteiger partial charge in [0.2, 0.25) is 0 Å². The number of carbonyl (C=O) groups excluding carboxylic acids is 1. The van der Waals surface area contributed by atoms with Crippen LogP contribution >= 0.6 is 11.6 Å². The van der Waals surface area contributed by atoms with Crippen LogP contribution in [0.25, 0.3) is 11.1 Å². The molecular formula is C22H19ClF3N5O2. The van der Waals surface area contributed by atoms with Crippen molar-refractivity contribution < 1.29 is 22.5 Å². The van der Waals surface area contributed by atoms with E-state index in [0.717, 1.165) is 36.6 Å². The number of fused-ring (bicyclic) bond motifs is 3. The molecule has 1 fully saturated rings. The van der Waals surface area contributed by atoms with E-state index in [9.17, 15) is 18.0 Å². The van der Waals surface area contributed by atoms with E-state index in [4.69, 9.17) is 16.1 Å². The summed E-state index contributed by atoms with van der Waals surface area (Å²) in [6.07, 6.45) is -1.83. The Labute approximate surface area is 192 Å². The third-order valence-electron chi connectivity index (χ3n) is 6.12. The first kappa shape index (κ1) is 21.7. The molecule has 0 spiro atoms. The van der Waals surface area contributed by atoms with E-state index in [1.54, 1.807) is 24.4 Å². The van der Waals surface area contributed by atoms with Crippen LogP contribution in [0.2, 0.25) is 5.02 Å². The number of alkyl halides is 3. The van der Waals surface area contributed by atoms with Crippen LogP contribution in [0.4, 0.5) is 19.0 Å². The molecule has 0 unspecified atom stereocenters. The molecule has 0 atom stereocenters. The minimum Gasteiger partial charge on any atom is -0.359 e. The minimum atomic E-state index is -4.99. The Balaban J connectivity index is 1.47. The second-order valence-electron chi connectivity index (χ2n) is 8.17. The van der Waals surface area contributed by atoms with Crippen molar-refractivity contribution in [2.45, 2.75) is 38.0 Å². The molecular weight excluding hydrogens is 459 g/mol. The maximum absolute atomic E-state index is 13.2. The van der Waals surface area contributed by atoms with Crippen molar-refractivity contribution >= 4 is 23.3 Å². The van der Waals surface area contributed by atoms with E-state index in [1.807, 2.05) is 12.1 Å². The molecule has 2 aliphatic heterocycles. The van der Waals surface area contributed by atoms with Crippen LogP contribution in [0.15, 0.2) is 41.1 Å². The average Bonchev–Trinajstić information content (AvgIpc) is 3.14. The Hall–Kier alpha value is -3.14. The molecule has 1 aromatic carbocycles. The zero-order valence-corrected chi connectivity index (χ0v) is 18.1. The lowest BCUT2D eigenvalue weighted by molar-refractivity contribution is -0.187. The Morgan fingerprint density at radius 1 is 1.15 bits per heavy atom. The molecule has 1 saturated heterocycles. The molecule has 3 aromatic rings. The number of anilines is 1. The summed E-state index contributed by atoms with van der Waals surface area (Å²) >= 11 is 6.13. The number of amides is 1. The standard InChI is InChI=1S/C22H19ClF3N5O2/c23-15-3-4-16-14(10-15)11-31(21(32)22(24,25)26)12-17-19(16)20(29-33-17)13-5-8-30(9-6-13)18-2-1-7-27-28-18/h1-4,7,10,13H,5-6,8-9,11-12H2. The Kier molecular flexibility index (Phi) is 5.48. The van der Waals surface area contributed by atoms with Crippen molar-refractivity contribution in [2.75, 3.05) is 18.0 Å². The number of hydrogen-bond donors (Lipinski definition) is 0. The summed E-state index contributed by atoms with van der Waals surface area (Å²) in [5.74, 6) is -0.813. The van der Waals surface area contributed by atoms with Crippen molar-refractivity contribution in [3.63, 3.8) is 0 Å². The topological polar surface area (TPSA) is 75.4 Å². The number of rotatable bonds is 2. The molecule has 172 valence electrons. The highest BCUT2D eigenvalue weighted by Crippen LogP contribution is 2.42. The van der Waals surface area contributed by atoms with E-state index in [1.165, 1.54) is 0 Å². The SMILES string of the molecule is O=C(N1Cc2cc(Cl)ccc2-c2c(C3CCN(c4cccnn4)CC3)noc2C1)C(F)(F)F. The van der Waals surface area contributed by atoms with Crippen molar-refractivity contribution in [3.8, 4) is 11.1 Å². The van der Waals surface area contributed by atoms with Gasteiger partial charge in [-0.05, 0) is 48.2 Å². The van der Waals surface area contributed by atoms with Gasteiger partial charge in [0.25, 0.3) is 0 Å². The summed E-state index contributed by atoms with van der Waals surface area (Å²) in [5, 5.41) is 12.7. The lowest BCUT2D eigenvalue weighted by atomic mass is 9.87. The quantitative estimate of drug-likeness (QED) is 0.538. The number of hydrogen-bond acceptors (Lipinski definition) is 6. The molecule has 7 nitrogen and oxygen atoms in total. The van der Waals surface area contributed by atoms with Gasteiger partial charge in [0.05, 0.1) is 17.8 Å². The highest BCUT2D eigenvalue weighted by Gasteiger charge is 2.44. The largest absolute Gasteiger partial charge is 0.471 e. The summed E-state index contributed by atoms with van der Waals surface area (Å²) < 4.78 is 45.1. The fourth-order valence-corrected chi connectivity index (χ4v) is 4.75. The van der Waals surface area contributed by atoms with Crippen LogP contribution in [-0.2, 0) is 17.9 Å². The Morgan fingerprint density at radius 3 is 2.64 bits per heavy atom. The zero-order chi connectivity index (χ0) is 23.2. The number of benzene rings is 1. The molecule has 33 heavy (non-hydrogen) atoms. The van der Waals surface area contributed by atoms with Crippen LogP contribution in [0.1, 0.15) is 35.8 Å². The van der Waals surface area contributed by atoms with Crippen molar-refractivity contribution in [1.82, 2.24) is 20.3 Å². The fraction of sp³-hybridized carbons (Fsp3) is 0.364. The summed E-state index contributed by atoms with van der Waals surface area (Å²) in [4.78, 5) is 14.9. The first-order valence-corrected chi connectivity index (χ1v) is 10.8. The van der Waals surface area contributed by atoms with E-state index in [-0.39, 0.29) is 24.8 Å². The third-order valence-corrected chi connectivity index (χ3v) is 6.35. The van der Waals surface area contributed by atoms with E-state index >= 15 is 0 Å². The number of nitrogens with zero attached hydrogens (tertiary/aromatic N) is 5. The summed E-state index contributed by atoms with van der Waals surface area (Å²) in [6.45, 7) is 0.933. The van der Waals surface area contributed by atoms with Crippen LogP contribution in [0.5, 0.6) is 0 Å². The van der Waals surface area contributed by atoms with E-state index in [0.29, 0.717) is 27.4 Å². The molecule has 0 radical (unpaired) electrons. The van der Waals surface area contributed by atoms with Crippen LogP contribution < -0.4 is 4.90 Å². The third kappa shape index (κ3) is 4.15. The normalized spacial score (nSPS) is 16.8. The smallest absolute Gasteiger partial charge is 0.359 e. The lowest BCUT2D eigenvalue weighted by Gasteiger charge is -2.32. The first-order chi connectivity index (χ1) is 15.8. The minimum absolute atomic E-state index is 0.0545. The maximum atomic E-state index is 13.2. The molecule has 2 aliphatic rings. The summed E-state index contributed by atoms with van der Waals surface area (Å²) in [7, 11) is 0. The summed E-state index contributed by atoms with van der Waals surface area (Å²) in [6, 6.07) is 8.77. The van der Waals surface area contributed by atoms with Crippen molar-refractivity contribution in [2.24, 2.45) is 0 Å². The van der Waals surface area contributed by atoms with E-state index in [2.05, 4.69) is 20.3 Å². The molecule has 1 amide bonds. The average molecular weight is 478 g/mol. The molecule has 0 N–H and O–H groups in total. The van der Waals surface area contributed by atoms with Crippen LogP contribution in [0.3, 0.4) is 0 Å².